The molecule has 0 bridgehead atoms. The van der Waals surface area contributed by atoms with Crippen molar-refractivity contribution in [2.24, 2.45) is 0 Å². The molecule has 0 rings (SSSR count). The molecule has 3 nitrogen and oxygen atoms in total. The number of hydrogen-bond acceptors (Lipinski definition) is 3. The van der Waals surface area contributed by atoms with Crippen LogP contribution in [-0.4, -0.2) is 33.6 Å². The van der Waals surface area contributed by atoms with Crippen molar-refractivity contribution in [3.8, 4) is 0 Å². The summed E-state index contributed by atoms with van der Waals surface area (Å²) in [5, 5.41) is 3.58. The highest BCUT2D eigenvalue weighted by Crippen LogP contribution is 1.93. The van der Waals surface area contributed by atoms with E-state index in [-0.39, 0.29) is 6.29 Å². The van der Waals surface area contributed by atoms with Gasteiger partial charge in [0.1, 0.15) is 0 Å². The minimum Gasteiger partial charge on any atom is -0.355 e. The molecule has 0 aliphatic carbocycles. The molecule has 0 saturated carbocycles. The van der Waals surface area contributed by atoms with Crippen molar-refractivity contribution >= 4 is 11.6 Å². The Balaban J connectivity index is 3.28. The first kappa shape index (κ1) is 10.9. The molecule has 0 unspecified atom stereocenters. The summed E-state index contributed by atoms with van der Waals surface area (Å²) in [6.07, 6.45) is -0.217. The average molecular weight is 180 g/mol. The zero-order chi connectivity index (χ0) is 8.69. The lowest BCUT2D eigenvalue weighted by Gasteiger charge is -2.13. The molecule has 0 aliphatic rings. The van der Waals surface area contributed by atoms with Crippen molar-refractivity contribution in [3.05, 3.63) is 11.6 Å². The van der Waals surface area contributed by atoms with Gasteiger partial charge in [0.05, 0.1) is 0 Å². The number of methoxy groups -OCH3 is 2. The highest BCUT2D eigenvalue weighted by Gasteiger charge is 2.02. The lowest BCUT2D eigenvalue weighted by atomic mass is 10.5. The van der Waals surface area contributed by atoms with E-state index < -0.39 is 0 Å². The van der Waals surface area contributed by atoms with E-state index in [4.69, 9.17) is 21.1 Å². The molecule has 0 aromatic rings. The van der Waals surface area contributed by atoms with Crippen LogP contribution in [0, 0.1) is 0 Å². The largest absolute Gasteiger partial charge is 0.355 e. The molecule has 0 radical (unpaired) electrons. The second-order valence-corrected chi connectivity index (χ2v) is 2.58. The van der Waals surface area contributed by atoms with E-state index in [2.05, 4.69) is 11.9 Å². The Bertz CT molecular complexity index is 115. The Hall–Kier alpha value is -0.0900. The maximum atomic E-state index is 5.51. The monoisotopic (exact) mass is 179 g/mol. The number of halogens is 1. The molecule has 66 valence electrons. The summed E-state index contributed by atoms with van der Waals surface area (Å²) in [5.41, 5.74) is 0. The predicted molar refractivity (Wildman–Crippen MR) is 45.7 cm³/mol. The Morgan fingerprint density at radius 1 is 1.55 bits per heavy atom. The third-order valence-corrected chi connectivity index (χ3v) is 1.29. The number of ether oxygens (including phenoxy) is 2. The van der Waals surface area contributed by atoms with Gasteiger partial charge in [-0.3, -0.25) is 0 Å². The first-order valence-corrected chi connectivity index (χ1v) is 3.68. The second-order valence-electron chi connectivity index (χ2n) is 2.05. The molecule has 0 spiro atoms. The topological polar surface area (TPSA) is 30.5 Å². The molecule has 0 aliphatic heterocycles. The number of nitrogens with one attached hydrogen (secondary N) is 1. The fraction of sp³-hybridized carbons (Fsp3) is 0.714. The lowest BCUT2D eigenvalue weighted by Crippen LogP contribution is -2.30. The van der Waals surface area contributed by atoms with Gasteiger partial charge in [0.15, 0.2) is 6.29 Å². The Morgan fingerprint density at radius 3 is 2.45 bits per heavy atom. The fourth-order valence-electron chi connectivity index (χ4n) is 0.589. The molecule has 4 heteroatoms. The Morgan fingerprint density at radius 2 is 2.09 bits per heavy atom. The van der Waals surface area contributed by atoms with Gasteiger partial charge in [0.25, 0.3) is 0 Å². The van der Waals surface area contributed by atoms with E-state index in [1.165, 1.54) is 0 Å². The smallest absolute Gasteiger partial charge is 0.169 e. The van der Waals surface area contributed by atoms with Crippen molar-refractivity contribution in [3.63, 3.8) is 0 Å². The third kappa shape index (κ3) is 6.31. The second kappa shape index (κ2) is 6.61. The zero-order valence-electron chi connectivity index (χ0n) is 6.89. The van der Waals surface area contributed by atoms with Crippen LogP contribution < -0.4 is 5.32 Å². The molecule has 0 saturated heterocycles. The molecule has 1 N–H and O–H groups in total. The minimum absolute atomic E-state index is 0.217. The molecular formula is C7H14ClNO2. The fourth-order valence-corrected chi connectivity index (χ4v) is 0.683. The van der Waals surface area contributed by atoms with Crippen molar-refractivity contribution in [2.45, 2.75) is 6.29 Å². The van der Waals surface area contributed by atoms with Crippen molar-refractivity contribution in [2.75, 3.05) is 27.3 Å². The van der Waals surface area contributed by atoms with Crippen LogP contribution in [-0.2, 0) is 9.47 Å². The molecule has 11 heavy (non-hydrogen) atoms. The molecule has 0 heterocycles. The average Bonchev–Trinajstić information content (AvgIpc) is 1.98. The van der Waals surface area contributed by atoms with Gasteiger partial charge in [0.2, 0.25) is 0 Å². The molecule has 0 aromatic carbocycles. The van der Waals surface area contributed by atoms with Crippen LogP contribution in [0.15, 0.2) is 11.6 Å². The molecule has 0 amide bonds. The molecule has 0 fully saturated rings. The first-order chi connectivity index (χ1) is 5.20. The zero-order valence-corrected chi connectivity index (χ0v) is 7.65. The lowest BCUT2D eigenvalue weighted by molar-refractivity contribution is -0.0983. The standard InChI is InChI=1S/C7H14ClNO2/c1-6(8)4-9-5-7(10-2)11-3/h7,9H,1,4-5H2,2-3H3. The van der Waals surface area contributed by atoms with Crippen LogP contribution in [0.5, 0.6) is 0 Å². The van der Waals surface area contributed by atoms with E-state index in [9.17, 15) is 0 Å². The van der Waals surface area contributed by atoms with Crippen LogP contribution in [0.25, 0.3) is 0 Å². The maximum Gasteiger partial charge on any atom is 0.169 e. The van der Waals surface area contributed by atoms with Crippen LogP contribution in [0.3, 0.4) is 0 Å². The summed E-state index contributed by atoms with van der Waals surface area (Å²) in [6, 6.07) is 0. The van der Waals surface area contributed by atoms with Gasteiger partial charge in [0, 0.05) is 32.3 Å². The third-order valence-electron chi connectivity index (χ3n) is 1.15. The summed E-state index contributed by atoms with van der Waals surface area (Å²) in [6.45, 7) is 4.71. The van der Waals surface area contributed by atoms with Gasteiger partial charge in [-0.15, -0.1) is 0 Å². The van der Waals surface area contributed by atoms with Gasteiger partial charge >= 0.3 is 0 Å². The highest BCUT2D eigenvalue weighted by molar-refractivity contribution is 6.29. The summed E-state index contributed by atoms with van der Waals surface area (Å²) in [4.78, 5) is 0. The van der Waals surface area contributed by atoms with Gasteiger partial charge < -0.3 is 14.8 Å². The Labute approximate surface area is 72.3 Å². The van der Waals surface area contributed by atoms with Crippen LogP contribution in [0.1, 0.15) is 0 Å². The van der Waals surface area contributed by atoms with Crippen molar-refractivity contribution in [1.29, 1.82) is 0 Å². The number of hydrogen-bond donors (Lipinski definition) is 1. The van der Waals surface area contributed by atoms with Gasteiger partial charge in [-0.25, -0.2) is 0 Å². The Kier molecular flexibility index (Phi) is 6.56. The van der Waals surface area contributed by atoms with Crippen molar-refractivity contribution in [1.82, 2.24) is 5.32 Å². The summed E-state index contributed by atoms with van der Waals surface area (Å²) in [7, 11) is 3.18. The molecule has 0 atom stereocenters. The van der Waals surface area contributed by atoms with Gasteiger partial charge in [-0.1, -0.05) is 18.2 Å². The SMILES string of the molecule is C=C(Cl)CNCC(OC)OC. The van der Waals surface area contributed by atoms with Crippen molar-refractivity contribution < 1.29 is 9.47 Å². The highest BCUT2D eigenvalue weighted by atomic mass is 35.5. The molecule has 0 aromatic heterocycles. The van der Waals surface area contributed by atoms with E-state index >= 15 is 0 Å². The first-order valence-electron chi connectivity index (χ1n) is 3.30. The van der Waals surface area contributed by atoms with E-state index in [0.29, 0.717) is 18.1 Å². The minimum atomic E-state index is -0.217. The van der Waals surface area contributed by atoms with Gasteiger partial charge in [-0.05, 0) is 0 Å². The number of rotatable bonds is 6. The summed E-state index contributed by atoms with van der Waals surface area (Å²) < 4.78 is 9.85. The van der Waals surface area contributed by atoms with Crippen LogP contribution in [0.4, 0.5) is 0 Å². The van der Waals surface area contributed by atoms with E-state index in [0.717, 1.165) is 0 Å². The quantitative estimate of drug-likeness (QED) is 0.616. The maximum absolute atomic E-state index is 5.51. The van der Waals surface area contributed by atoms with Crippen LogP contribution >= 0.6 is 11.6 Å². The normalized spacial score (nSPS) is 10.5. The molecular weight excluding hydrogens is 166 g/mol. The van der Waals surface area contributed by atoms with Crippen LogP contribution in [0.2, 0.25) is 0 Å². The predicted octanol–water partition coefficient (Wildman–Crippen LogP) is 0.947. The summed E-state index contributed by atoms with van der Waals surface area (Å²) in [5.74, 6) is 0. The van der Waals surface area contributed by atoms with E-state index in [1.54, 1.807) is 14.2 Å². The van der Waals surface area contributed by atoms with Gasteiger partial charge in [-0.2, -0.15) is 0 Å². The summed E-state index contributed by atoms with van der Waals surface area (Å²) >= 11 is 5.51. The van der Waals surface area contributed by atoms with E-state index in [1.807, 2.05) is 0 Å².